The van der Waals surface area contributed by atoms with Crippen LogP contribution in [0.15, 0.2) is 35.3 Å². The van der Waals surface area contributed by atoms with Crippen molar-refractivity contribution in [2.75, 3.05) is 31.5 Å². The van der Waals surface area contributed by atoms with Gasteiger partial charge in [0.25, 0.3) is 11.5 Å². The van der Waals surface area contributed by atoms with Crippen LogP contribution in [-0.2, 0) is 16.1 Å². The zero-order valence-corrected chi connectivity index (χ0v) is 18.1. The lowest BCUT2D eigenvalue weighted by Gasteiger charge is -2.14. The zero-order valence-electron chi connectivity index (χ0n) is 18.1. The van der Waals surface area contributed by atoms with Crippen molar-refractivity contribution in [1.29, 1.82) is 0 Å². The summed E-state index contributed by atoms with van der Waals surface area (Å²) in [6.45, 7) is 6.38. The number of amides is 2. The van der Waals surface area contributed by atoms with Crippen LogP contribution in [0.3, 0.4) is 0 Å². The first-order valence-electron chi connectivity index (χ1n) is 9.75. The summed E-state index contributed by atoms with van der Waals surface area (Å²) < 4.78 is 11.7. The molecule has 2 amide bonds. The number of nitrogens with one attached hydrogen (secondary N) is 2. The lowest BCUT2D eigenvalue weighted by atomic mass is 10.1. The summed E-state index contributed by atoms with van der Waals surface area (Å²) >= 11 is 0. The standard InChI is InChI=1S/C22H29N3O5/c1-14(2)8-10-25-11-9-15(3)20(22(25)28)21(27)23-16-6-7-17(18(12-16)30-5)24-19(26)13-29-4/h6-7,9,11-12,14H,8,10,13H2,1-5H3,(H,23,27)(H,24,26). The van der Waals surface area contributed by atoms with Crippen molar-refractivity contribution in [3.8, 4) is 5.75 Å². The molecule has 0 saturated carbocycles. The molecule has 1 heterocycles. The highest BCUT2D eigenvalue weighted by molar-refractivity contribution is 6.05. The first-order valence-corrected chi connectivity index (χ1v) is 9.75. The fourth-order valence-corrected chi connectivity index (χ4v) is 2.90. The van der Waals surface area contributed by atoms with Gasteiger partial charge >= 0.3 is 0 Å². The molecule has 2 rings (SSSR count). The minimum absolute atomic E-state index is 0.0853. The molecule has 0 unspecified atom stereocenters. The van der Waals surface area contributed by atoms with E-state index in [1.807, 2.05) is 0 Å². The van der Waals surface area contributed by atoms with E-state index in [0.717, 1.165) is 6.42 Å². The van der Waals surface area contributed by atoms with Gasteiger partial charge in [-0.1, -0.05) is 13.8 Å². The molecule has 1 aromatic heterocycles. The van der Waals surface area contributed by atoms with Crippen LogP contribution in [-0.4, -0.2) is 37.2 Å². The summed E-state index contributed by atoms with van der Waals surface area (Å²) in [6, 6.07) is 6.58. The van der Waals surface area contributed by atoms with E-state index >= 15 is 0 Å². The number of carbonyl (C=O) groups excluding carboxylic acids is 2. The molecule has 2 aromatic rings. The maximum Gasteiger partial charge on any atom is 0.263 e. The first-order chi connectivity index (χ1) is 14.3. The summed E-state index contributed by atoms with van der Waals surface area (Å²) in [5.41, 5.74) is 1.29. The smallest absolute Gasteiger partial charge is 0.263 e. The molecule has 1 aromatic carbocycles. The third-order valence-corrected chi connectivity index (χ3v) is 4.56. The number of nitrogens with zero attached hydrogens (tertiary/aromatic N) is 1. The van der Waals surface area contributed by atoms with Crippen molar-refractivity contribution in [1.82, 2.24) is 4.57 Å². The van der Waals surface area contributed by atoms with Crippen molar-refractivity contribution in [2.45, 2.75) is 33.7 Å². The Labute approximate surface area is 176 Å². The van der Waals surface area contributed by atoms with Gasteiger partial charge in [0.1, 0.15) is 17.9 Å². The predicted molar refractivity (Wildman–Crippen MR) is 116 cm³/mol. The van der Waals surface area contributed by atoms with Crippen LogP contribution >= 0.6 is 0 Å². The number of anilines is 2. The maximum absolute atomic E-state index is 12.8. The number of benzene rings is 1. The average molecular weight is 415 g/mol. The minimum atomic E-state index is -0.491. The summed E-state index contributed by atoms with van der Waals surface area (Å²) in [6.07, 6.45) is 2.56. The van der Waals surface area contributed by atoms with Crippen molar-refractivity contribution >= 4 is 23.2 Å². The van der Waals surface area contributed by atoms with Gasteiger partial charge in [-0.15, -0.1) is 0 Å². The second-order valence-corrected chi connectivity index (χ2v) is 7.41. The average Bonchev–Trinajstić information content (AvgIpc) is 2.68. The number of carbonyl (C=O) groups is 2. The highest BCUT2D eigenvalue weighted by Crippen LogP contribution is 2.28. The maximum atomic E-state index is 12.8. The van der Waals surface area contributed by atoms with Gasteiger partial charge in [0.2, 0.25) is 5.91 Å². The van der Waals surface area contributed by atoms with Crippen LogP contribution in [0, 0.1) is 12.8 Å². The number of aryl methyl sites for hydroxylation is 2. The van der Waals surface area contributed by atoms with Crippen LogP contribution in [0.25, 0.3) is 0 Å². The second kappa shape index (κ2) is 10.6. The van der Waals surface area contributed by atoms with E-state index in [-0.39, 0.29) is 23.6 Å². The molecule has 0 spiro atoms. The first kappa shape index (κ1) is 23.2. The molecule has 0 fully saturated rings. The largest absolute Gasteiger partial charge is 0.494 e. The van der Waals surface area contributed by atoms with Crippen molar-refractivity contribution in [3.05, 3.63) is 51.9 Å². The van der Waals surface area contributed by atoms with E-state index in [0.29, 0.717) is 35.2 Å². The van der Waals surface area contributed by atoms with E-state index < -0.39 is 5.91 Å². The number of hydrogen-bond acceptors (Lipinski definition) is 5. The van der Waals surface area contributed by atoms with Gasteiger partial charge in [-0.25, -0.2) is 0 Å². The van der Waals surface area contributed by atoms with Crippen LogP contribution < -0.4 is 20.9 Å². The molecular formula is C22H29N3O5. The number of aromatic nitrogens is 1. The fraction of sp³-hybridized carbons (Fsp3) is 0.409. The summed E-state index contributed by atoms with van der Waals surface area (Å²) in [7, 11) is 2.89. The molecule has 0 aliphatic heterocycles. The second-order valence-electron chi connectivity index (χ2n) is 7.41. The van der Waals surface area contributed by atoms with Crippen LogP contribution in [0.2, 0.25) is 0 Å². The Hall–Kier alpha value is -3.13. The predicted octanol–water partition coefficient (Wildman–Crippen LogP) is 3.05. The van der Waals surface area contributed by atoms with Crippen molar-refractivity contribution < 1.29 is 19.1 Å². The molecule has 0 aliphatic carbocycles. The minimum Gasteiger partial charge on any atom is -0.494 e. The third kappa shape index (κ3) is 5.93. The van der Waals surface area contributed by atoms with Gasteiger partial charge in [-0.05, 0) is 43.0 Å². The van der Waals surface area contributed by atoms with E-state index in [9.17, 15) is 14.4 Å². The van der Waals surface area contributed by atoms with Gasteiger partial charge in [0.05, 0.1) is 12.8 Å². The molecule has 8 heteroatoms. The molecule has 8 nitrogen and oxygen atoms in total. The zero-order chi connectivity index (χ0) is 22.3. The Morgan fingerprint density at radius 1 is 1.13 bits per heavy atom. The van der Waals surface area contributed by atoms with Crippen LogP contribution in [0.1, 0.15) is 36.2 Å². The molecular weight excluding hydrogens is 386 g/mol. The quantitative estimate of drug-likeness (QED) is 0.656. The SMILES string of the molecule is COCC(=O)Nc1ccc(NC(=O)c2c(C)ccn(CCC(C)C)c2=O)cc1OC. The molecule has 30 heavy (non-hydrogen) atoms. The number of methoxy groups -OCH3 is 2. The lowest BCUT2D eigenvalue weighted by molar-refractivity contribution is -0.119. The normalized spacial score (nSPS) is 10.7. The molecule has 0 aliphatic rings. The lowest BCUT2D eigenvalue weighted by Crippen LogP contribution is -2.30. The van der Waals surface area contributed by atoms with Gasteiger partial charge < -0.3 is 24.7 Å². The van der Waals surface area contributed by atoms with Gasteiger partial charge in [0.15, 0.2) is 0 Å². The monoisotopic (exact) mass is 415 g/mol. The topological polar surface area (TPSA) is 98.7 Å². The molecule has 0 bridgehead atoms. The van der Waals surface area contributed by atoms with Crippen molar-refractivity contribution in [2.24, 2.45) is 5.92 Å². The summed E-state index contributed by atoms with van der Waals surface area (Å²) in [5, 5.41) is 5.41. The Kier molecular flexibility index (Phi) is 8.17. The molecule has 0 radical (unpaired) electrons. The fourth-order valence-electron chi connectivity index (χ4n) is 2.90. The molecule has 162 valence electrons. The molecule has 2 N–H and O–H groups in total. The van der Waals surface area contributed by atoms with Crippen LogP contribution in [0.5, 0.6) is 5.75 Å². The highest BCUT2D eigenvalue weighted by Gasteiger charge is 2.17. The number of rotatable bonds is 9. The number of hydrogen-bond donors (Lipinski definition) is 2. The van der Waals surface area contributed by atoms with E-state index in [2.05, 4.69) is 24.5 Å². The Balaban J connectivity index is 2.24. The summed E-state index contributed by atoms with van der Waals surface area (Å²) in [5.74, 6) is 0.00582. The van der Waals surface area contributed by atoms with Crippen LogP contribution in [0.4, 0.5) is 11.4 Å². The third-order valence-electron chi connectivity index (χ3n) is 4.56. The Morgan fingerprint density at radius 2 is 1.87 bits per heavy atom. The summed E-state index contributed by atoms with van der Waals surface area (Å²) in [4.78, 5) is 37.4. The van der Waals surface area contributed by atoms with E-state index in [4.69, 9.17) is 9.47 Å². The van der Waals surface area contributed by atoms with E-state index in [1.54, 1.807) is 42.0 Å². The number of pyridine rings is 1. The van der Waals surface area contributed by atoms with Gasteiger partial charge in [-0.3, -0.25) is 14.4 Å². The highest BCUT2D eigenvalue weighted by atomic mass is 16.5. The molecule has 0 saturated heterocycles. The molecule has 0 atom stereocenters. The number of ether oxygens (including phenoxy) is 2. The van der Waals surface area contributed by atoms with Crippen molar-refractivity contribution in [3.63, 3.8) is 0 Å². The Morgan fingerprint density at radius 3 is 2.50 bits per heavy atom. The van der Waals surface area contributed by atoms with Gasteiger partial charge in [-0.2, -0.15) is 0 Å². The van der Waals surface area contributed by atoms with Gasteiger partial charge in [0, 0.05) is 31.6 Å². The Bertz CT molecular complexity index is 966. The van der Waals surface area contributed by atoms with E-state index in [1.165, 1.54) is 14.2 Å².